The van der Waals surface area contributed by atoms with Crippen molar-refractivity contribution >= 4 is 22.5 Å². The summed E-state index contributed by atoms with van der Waals surface area (Å²) in [7, 11) is 0. The number of benzene rings is 3. The number of hydrogen-bond donors (Lipinski definition) is 1. The number of Topliss-reactive ketones (excluding diaryl/α,β-unsaturated/α-hetero) is 2. The topological polar surface area (TPSA) is 67.3 Å². The van der Waals surface area contributed by atoms with Crippen LogP contribution in [0.4, 0.5) is 0 Å². The molecule has 0 atom stereocenters. The molecule has 0 bridgehead atoms. The SMILES string of the molecule is O=C(c1ccccc1)C(Cc1ccc2cccc(O)c2n1)C(=O)c1ccccc1. The van der Waals surface area contributed by atoms with Crippen LogP contribution in [0.2, 0.25) is 0 Å². The molecule has 0 radical (unpaired) electrons. The Labute approximate surface area is 168 Å². The summed E-state index contributed by atoms with van der Waals surface area (Å²) in [6.45, 7) is 0. The molecule has 142 valence electrons. The minimum Gasteiger partial charge on any atom is -0.506 e. The molecule has 3 aromatic carbocycles. The molecular formula is C25H19NO3. The summed E-state index contributed by atoms with van der Waals surface area (Å²) in [4.78, 5) is 30.9. The molecule has 1 aromatic heterocycles. The predicted octanol–water partition coefficient (Wildman–Crippen LogP) is 4.86. The van der Waals surface area contributed by atoms with Gasteiger partial charge in [0, 0.05) is 28.6 Å². The van der Waals surface area contributed by atoms with Gasteiger partial charge >= 0.3 is 0 Å². The maximum atomic E-state index is 13.2. The zero-order chi connectivity index (χ0) is 20.2. The van der Waals surface area contributed by atoms with Gasteiger partial charge in [0.25, 0.3) is 0 Å². The smallest absolute Gasteiger partial charge is 0.174 e. The van der Waals surface area contributed by atoms with Gasteiger partial charge in [0.05, 0.1) is 5.92 Å². The number of para-hydroxylation sites is 1. The van der Waals surface area contributed by atoms with Crippen LogP contribution in [0.25, 0.3) is 10.9 Å². The normalized spacial score (nSPS) is 10.9. The summed E-state index contributed by atoms with van der Waals surface area (Å²) in [5.41, 5.74) is 2.02. The van der Waals surface area contributed by atoms with Crippen LogP contribution >= 0.6 is 0 Å². The van der Waals surface area contributed by atoms with E-state index in [4.69, 9.17) is 0 Å². The first-order valence-corrected chi connectivity index (χ1v) is 9.39. The number of phenols is 1. The number of ketones is 2. The third-order valence-electron chi connectivity index (χ3n) is 4.92. The number of rotatable bonds is 6. The van der Waals surface area contributed by atoms with E-state index in [1.807, 2.05) is 24.3 Å². The van der Waals surface area contributed by atoms with Crippen LogP contribution in [0.15, 0.2) is 91.0 Å². The van der Waals surface area contributed by atoms with Crippen molar-refractivity contribution in [1.82, 2.24) is 4.98 Å². The van der Waals surface area contributed by atoms with Crippen molar-refractivity contribution in [2.75, 3.05) is 0 Å². The molecular weight excluding hydrogens is 362 g/mol. The average Bonchev–Trinajstić information content (AvgIpc) is 2.78. The Kier molecular flexibility index (Phi) is 5.16. The molecule has 0 aliphatic heterocycles. The van der Waals surface area contributed by atoms with Crippen molar-refractivity contribution < 1.29 is 14.7 Å². The van der Waals surface area contributed by atoms with E-state index < -0.39 is 5.92 Å². The fourth-order valence-corrected chi connectivity index (χ4v) is 3.41. The van der Waals surface area contributed by atoms with Crippen LogP contribution in [0, 0.1) is 5.92 Å². The van der Waals surface area contributed by atoms with Crippen LogP contribution in [0.3, 0.4) is 0 Å². The number of fused-ring (bicyclic) bond motifs is 1. The molecule has 4 aromatic rings. The third kappa shape index (κ3) is 3.92. The second kappa shape index (κ2) is 8.07. The Bertz CT molecular complexity index is 1120. The number of carbonyl (C=O) groups excluding carboxylic acids is 2. The first-order valence-electron chi connectivity index (χ1n) is 9.39. The summed E-state index contributed by atoms with van der Waals surface area (Å²) < 4.78 is 0. The summed E-state index contributed by atoms with van der Waals surface area (Å²) in [6, 6.07) is 26.5. The van der Waals surface area contributed by atoms with E-state index in [0.29, 0.717) is 22.3 Å². The second-order valence-corrected chi connectivity index (χ2v) is 6.87. The van der Waals surface area contributed by atoms with Gasteiger partial charge < -0.3 is 5.11 Å². The largest absolute Gasteiger partial charge is 0.506 e. The molecule has 0 saturated carbocycles. The van der Waals surface area contributed by atoms with Gasteiger partial charge in [0.1, 0.15) is 11.3 Å². The molecule has 1 N–H and O–H groups in total. The fraction of sp³-hybridized carbons (Fsp3) is 0.0800. The van der Waals surface area contributed by atoms with Gasteiger partial charge in [0.15, 0.2) is 11.6 Å². The van der Waals surface area contributed by atoms with Crippen LogP contribution in [0.1, 0.15) is 26.4 Å². The van der Waals surface area contributed by atoms with Crippen molar-refractivity contribution in [3.8, 4) is 5.75 Å². The van der Waals surface area contributed by atoms with Crippen molar-refractivity contribution in [3.05, 3.63) is 108 Å². The van der Waals surface area contributed by atoms with E-state index in [1.54, 1.807) is 66.7 Å². The molecule has 0 unspecified atom stereocenters. The number of pyridine rings is 1. The van der Waals surface area contributed by atoms with Gasteiger partial charge in [-0.05, 0) is 12.1 Å². The monoisotopic (exact) mass is 381 g/mol. The lowest BCUT2D eigenvalue weighted by atomic mass is 9.86. The quantitative estimate of drug-likeness (QED) is 0.382. The first-order chi connectivity index (χ1) is 14.1. The van der Waals surface area contributed by atoms with Crippen LogP contribution in [-0.2, 0) is 6.42 Å². The van der Waals surface area contributed by atoms with Crippen LogP contribution in [-0.4, -0.2) is 21.7 Å². The lowest BCUT2D eigenvalue weighted by Gasteiger charge is -2.15. The zero-order valence-electron chi connectivity index (χ0n) is 15.7. The Balaban J connectivity index is 1.73. The van der Waals surface area contributed by atoms with Gasteiger partial charge in [0.2, 0.25) is 0 Å². The van der Waals surface area contributed by atoms with Crippen molar-refractivity contribution in [3.63, 3.8) is 0 Å². The highest BCUT2D eigenvalue weighted by Gasteiger charge is 2.29. The Morgan fingerprint density at radius 2 is 1.31 bits per heavy atom. The minimum atomic E-state index is -0.893. The first kappa shape index (κ1) is 18.6. The van der Waals surface area contributed by atoms with Gasteiger partial charge in [-0.2, -0.15) is 0 Å². The Morgan fingerprint density at radius 3 is 1.90 bits per heavy atom. The molecule has 4 heteroatoms. The summed E-state index contributed by atoms with van der Waals surface area (Å²) in [5, 5.41) is 10.9. The van der Waals surface area contributed by atoms with Crippen LogP contribution in [0.5, 0.6) is 5.75 Å². The molecule has 1 heterocycles. The Hall–Kier alpha value is -3.79. The van der Waals surface area contributed by atoms with Crippen LogP contribution < -0.4 is 0 Å². The van der Waals surface area contributed by atoms with Crippen molar-refractivity contribution in [2.45, 2.75) is 6.42 Å². The second-order valence-electron chi connectivity index (χ2n) is 6.87. The fourth-order valence-electron chi connectivity index (χ4n) is 3.41. The molecule has 0 amide bonds. The maximum absolute atomic E-state index is 13.2. The van der Waals surface area contributed by atoms with Gasteiger partial charge in [-0.15, -0.1) is 0 Å². The molecule has 29 heavy (non-hydrogen) atoms. The van der Waals surface area contributed by atoms with Gasteiger partial charge in [-0.3, -0.25) is 9.59 Å². The average molecular weight is 381 g/mol. The standard InChI is InChI=1S/C25H19NO3/c27-22-13-7-12-17-14-15-20(26-23(17)22)16-21(24(28)18-8-3-1-4-9-18)25(29)19-10-5-2-6-11-19/h1-15,21,27H,16H2. The van der Waals surface area contributed by atoms with Gasteiger partial charge in [-0.1, -0.05) is 78.9 Å². The number of nitrogens with zero attached hydrogens (tertiary/aromatic N) is 1. The molecule has 0 aliphatic rings. The molecule has 4 nitrogen and oxygen atoms in total. The highest BCUT2D eigenvalue weighted by molar-refractivity contribution is 6.16. The van der Waals surface area contributed by atoms with E-state index >= 15 is 0 Å². The molecule has 0 fully saturated rings. The van der Waals surface area contributed by atoms with E-state index in [9.17, 15) is 14.7 Å². The molecule has 0 spiro atoms. The summed E-state index contributed by atoms with van der Waals surface area (Å²) in [6.07, 6.45) is 0.158. The molecule has 4 rings (SSSR count). The number of carbonyl (C=O) groups is 2. The molecule has 0 aliphatic carbocycles. The predicted molar refractivity (Wildman–Crippen MR) is 112 cm³/mol. The summed E-state index contributed by atoms with van der Waals surface area (Å²) in [5.74, 6) is -1.29. The lowest BCUT2D eigenvalue weighted by molar-refractivity contribution is 0.0806. The minimum absolute atomic E-state index is 0.0738. The molecule has 0 saturated heterocycles. The van der Waals surface area contributed by atoms with E-state index in [-0.39, 0.29) is 23.7 Å². The van der Waals surface area contributed by atoms with Crippen molar-refractivity contribution in [1.29, 1.82) is 0 Å². The zero-order valence-corrected chi connectivity index (χ0v) is 15.7. The van der Waals surface area contributed by atoms with Crippen molar-refractivity contribution in [2.24, 2.45) is 5.92 Å². The summed E-state index contributed by atoms with van der Waals surface area (Å²) >= 11 is 0. The van der Waals surface area contributed by atoms with E-state index in [2.05, 4.69) is 4.98 Å². The number of aromatic nitrogens is 1. The third-order valence-corrected chi connectivity index (χ3v) is 4.92. The maximum Gasteiger partial charge on any atom is 0.174 e. The number of phenolic OH excluding ortho intramolecular Hbond substituents is 1. The van der Waals surface area contributed by atoms with E-state index in [1.165, 1.54) is 0 Å². The number of hydrogen-bond acceptors (Lipinski definition) is 4. The Morgan fingerprint density at radius 1 is 0.724 bits per heavy atom. The van der Waals surface area contributed by atoms with Gasteiger partial charge in [-0.25, -0.2) is 4.98 Å². The highest BCUT2D eigenvalue weighted by atomic mass is 16.3. The lowest BCUT2D eigenvalue weighted by Crippen LogP contribution is -2.27. The number of aromatic hydroxyl groups is 1. The van der Waals surface area contributed by atoms with E-state index in [0.717, 1.165) is 5.39 Å². The highest BCUT2D eigenvalue weighted by Crippen LogP contribution is 2.25.